The molecule has 184 valence electrons. The maximum absolute atomic E-state index is 12.8. The van der Waals surface area contributed by atoms with Crippen molar-refractivity contribution in [2.75, 3.05) is 13.7 Å². The fourth-order valence-electron chi connectivity index (χ4n) is 3.08. The van der Waals surface area contributed by atoms with Crippen LogP contribution in [0.5, 0.6) is 5.75 Å². The van der Waals surface area contributed by atoms with Crippen LogP contribution in [0.1, 0.15) is 35.7 Å². The van der Waals surface area contributed by atoms with Crippen molar-refractivity contribution in [3.8, 4) is 5.75 Å². The van der Waals surface area contributed by atoms with Crippen molar-refractivity contribution in [2.24, 2.45) is 0 Å². The normalized spacial score (nSPS) is 14.3. The first kappa shape index (κ1) is 25.0. The zero-order valence-corrected chi connectivity index (χ0v) is 18.9. The SMILES string of the molecule is COC(=O)c1ccc(CN2C(=O)N/C(=C\c3cccc([N+](=O)[O-])c3OCC(=O)OC(C)C)C2=O)o1. The van der Waals surface area contributed by atoms with E-state index in [2.05, 4.69) is 10.1 Å². The molecule has 1 fully saturated rings. The number of carbonyl (C=O) groups is 4. The van der Waals surface area contributed by atoms with Gasteiger partial charge in [-0.2, -0.15) is 0 Å². The van der Waals surface area contributed by atoms with E-state index in [4.69, 9.17) is 13.9 Å². The van der Waals surface area contributed by atoms with Crippen molar-refractivity contribution in [3.63, 3.8) is 0 Å². The van der Waals surface area contributed by atoms with Gasteiger partial charge in [0.25, 0.3) is 5.91 Å². The van der Waals surface area contributed by atoms with Gasteiger partial charge in [-0.25, -0.2) is 14.4 Å². The largest absolute Gasteiger partial charge is 0.474 e. The number of furan rings is 1. The number of nitrogens with one attached hydrogen (secondary N) is 1. The van der Waals surface area contributed by atoms with Gasteiger partial charge in [-0.1, -0.05) is 12.1 Å². The van der Waals surface area contributed by atoms with Gasteiger partial charge in [0.1, 0.15) is 11.5 Å². The summed E-state index contributed by atoms with van der Waals surface area (Å²) in [6.07, 6.45) is 0.784. The van der Waals surface area contributed by atoms with Crippen molar-refractivity contribution < 1.29 is 42.7 Å². The molecule has 13 heteroatoms. The maximum atomic E-state index is 12.8. The van der Waals surface area contributed by atoms with Crippen LogP contribution in [0.2, 0.25) is 0 Å². The minimum absolute atomic E-state index is 0.0769. The van der Waals surface area contributed by atoms with Gasteiger partial charge >= 0.3 is 23.7 Å². The molecule has 1 saturated heterocycles. The zero-order chi connectivity index (χ0) is 25.7. The standard InChI is InChI=1S/C22H21N3O10/c1-12(2)34-18(26)11-33-19-13(5-4-6-16(19)25(30)31)9-15-20(27)24(22(29)23-15)10-14-7-8-17(35-14)21(28)32-3/h4-9,12H,10-11H2,1-3H3,(H,23,29)/b15-9-. The number of nitro groups is 1. The van der Waals surface area contributed by atoms with Crippen molar-refractivity contribution in [1.29, 1.82) is 0 Å². The molecule has 2 aromatic rings. The number of rotatable bonds is 9. The number of esters is 2. The summed E-state index contributed by atoms with van der Waals surface area (Å²) in [5.41, 5.74) is -0.561. The number of para-hydroxylation sites is 1. The number of hydrogen-bond donors (Lipinski definition) is 1. The molecule has 0 spiro atoms. The number of imide groups is 1. The van der Waals surface area contributed by atoms with Crippen molar-refractivity contribution in [2.45, 2.75) is 26.5 Å². The number of hydrogen-bond acceptors (Lipinski definition) is 10. The number of amides is 3. The Morgan fingerprint density at radius 2 is 1.97 bits per heavy atom. The van der Waals surface area contributed by atoms with Crippen LogP contribution in [0.25, 0.3) is 6.08 Å². The Hall–Kier alpha value is -4.68. The van der Waals surface area contributed by atoms with Gasteiger partial charge in [0.15, 0.2) is 6.61 Å². The van der Waals surface area contributed by atoms with Gasteiger partial charge < -0.3 is 23.9 Å². The first-order chi connectivity index (χ1) is 16.6. The lowest BCUT2D eigenvalue weighted by Gasteiger charge is -2.11. The zero-order valence-electron chi connectivity index (χ0n) is 18.9. The second-order valence-corrected chi connectivity index (χ2v) is 7.42. The molecule has 0 atom stereocenters. The van der Waals surface area contributed by atoms with Crippen LogP contribution < -0.4 is 10.1 Å². The van der Waals surface area contributed by atoms with E-state index in [1.165, 1.54) is 43.5 Å². The van der Waals surface area contributed by atoms with E-state index in [1.807, 2.05) is 0 Å². The van der Waals surface area contributed by atoms with Gasteiger partial charge in [-0.3, -0.25) is 19.8 Å². The monoisotopic (exact) mass is 487 g/mol. The van der Waals surface area contributed by atoms with Crippen LogP contribution in [0.15, 0.2) is 40.4 Å². The summed E-state index contributed by atoms with van der Waals surface area (Å²) in [6, 6.07) is 5.93. The molecule has 2 heterocycles. The summed E-state index contributed by atoms with van der Waals surface area (Å²) in [6.45, 7) is 2.39. The summed E-state index contributed by atoms with van der Waals surface area (Å²) < 4.78 is 20.2. The van der Waals surface area contributed by atoms with E-state index in [1.54, 1.807) is 13.8 Å². The average Bonchev–Trinajstić information content (AvgIpc) is 3.37. The molecule has 3 amide bonds. The first-order valence-corrected chi connectivity index (χ1v) is 10.2. The molecule has 0 radical (unpaired) electrons. The van der Waals surface area contributed by atoms with E-state index < -0.39 is 47.2 Å². The summed E-state index contributed by atoms with van der Waals surface area (Å²) >= 11 is 0. The van der Waals surface area contributed by atoms with E-state index >= 15 is 0 Å². The molecule has 0 saturated carbocycles. The van der Waals surface area contributed by atoms with Crippen molar-refractivity contribution in [1.82, 2.24) is 10.2 Å². The molecule has 0 unspecified atom stereocenters. The molecule has 1 aromatic carbocycles. The van der Waals surface area contributed by atoms with Crippen LogP contribution in [0, 0.1) is 10.1 Å². The molecule has 13 nitrogen and oxygen atoms in total. The van der Waals surface area contributed by atoms with Crippen molar-refractivity contribution >= 4 is 35.6 Å². The molecule has 0 aliphatic carbocycles. The Bertz CT molecular complexity index is 1210. The number of carbonyl (C=O) groups excluding carboxylic acids is 4. The summed E-state index contributed by atoms with van der Waals surface area (Å²) in [5.74, 6) is -2.43. The third-order valence-electron chi connectivity index (χ3n) is 4.55. The van der Waals surface area contributed by atoms with Gasteiger partial charge in [-0.15, -0.1) is 0 Å². The van der Waals surface area contributed by atoms with Gasteiger partial charge in [0, 0.05) is 11.6 Å². The second kappa shape index (κ2) is 10.5. The highest BCUT2D eigenvalue weighted by Gasteiger charge is 2.35. The summed E-state index contributed by atoms with van der Waals surface area (Å²) in [7, 11) is 1.18. The molecular formula is C22H21N3O10. The lowest BCUT2D eigenvalue weighted by molar-refractivity contribution is -0.385. The minimum atomic E-state index is -0.773. The van der Waals surface area contributed by atoms with Crippen LogP contribution in [-0.2, 0) is 25.6 Å². The molecular weight excluding hydrogens is 466 g/mol. The lowest BCUT2D eigenvalue weighted by atomic mass is 10.1. The first-order valence-electron chi connectivity index (χ1n) is 10.2. The minimum Gasteiger partial charge on any atom is -0.474 e. The molecule has 1 aromatic heterocycles. The third-order valence-corrected chi connectivity index (χ3v) is 4.55. The topological polar surface area (TPSA) is 168 Å². The Morgan fingerprint density at radius 3 is 2.63 bits per heavy atom. The van der Waals surface area contributed by atoms with Gasteiger partial charge in [0.05, 0.1) is 24.7 Å². The van der Waals surface area contributed by atoms with E-state index in [-0.39, 0.29) is 35.1 Å². The van der Waals surface area contributed by atoms with Crippen LogP contribution in [0.3, 0.4) is 0 Å². The molecule has 1 aliphatic heterocycles. The Labute approximate surface area is 198 Å². The molecule has 3 rings (SSSR count). The maximum Gasteiger partial charge on any atom is 0.373 e. The fraction of sp³-hybridized carbons (Fsp3) is 0.273. The fourth-order valence-corrected chi connectivity index (χ4v) is 3.08. The predicted molar refractivity (Wildman–Crippen MR) is 117 cm³/mol. The van der Waals surface area contributed by atoms with Gasteiger partial charge in [0.2, 0.25) is 11.5 Å². The highest BCUT2D eigenvalue weighted by atomic mass is 16.6. The van der Waals surface area contributed by atoms with E-state index in [9.17, 15) is 29.3 Å². The third kappa shape index (κ3) is 5.82. The molecule has 1 N–H and O–H groups in total. The lowest BCUT2D eigenvalue weighted by Crippen LogP contribution is -2.30. The predicted octanol–water partition coefficient (Wildman–Crippen LogP) is 2.40. The highest BCUT2D eigenvalue weighted by molar-refractivity contribution is 6.14. The second-order valence-electron chi connectivity index (χ2n) is 7.42. The van der Waals surface area contributed by atoms with Crippen LogP contribution in [-0.4, -0.2) is 53.5 Å². The Balaban J connectivity index is 1.85. The van der Waals surface area contributed by atoms with Crippen molar-refractivity contribution in [3.05, 3.63) is 63.2 Å². The van der Waals surface area contributed by atoms with Gasteiger partial charge in [-0.05, 0) is 32.1 Å². The smallest absolute Gasteiger partial charge is 0.373 e. The molecule has 0 bridgehead atoms. The Morgan fingerprint density at radius 1 is 1.23 bits per heavy atom. The number of benzene rings is 1. The number of nitrogens with zero attached hydrogens (tertiary/aromatic N) is 2. The highest BCUT2D eigenvalue weighted by Crippen LogP contribution is 2.33. The molecule has 1 aliphatic rings. The number of ether oxygens (including phenoxy) is 3. The van der Waals surface area contributed by atoms with Crippen LogP contribution in [0.4, 0.5) is 10.5 Å². The molecule has 35 heavy (non-hydrogen) atoms. The quantitative estimate of drug-likeness (QED) is 0.182. The van der Waals surface area contributed by atoms with Crippen LogP contribution >= 0.6 is 0 Å². The number of nitro benzene ring substituents is 1. The van der Waals surface area contributed by atoms with E-state index in [0.717, 1.165) is 4.90 Å². The Kier molecular flexibility index (Phi) is 7.49. The number of methoxy groups -OCH3 is 1. The summed E-state index contributed by atoms with van der Waals surface area (Å²) in [4.78, 5) is 60.2. The van der Waals surface area contributed by atoms with E-state index in [0.29, 0.717) is 0 Å². The summed E-state index contributed by atoms with van der Waals surface area (Å²) in [5, 5.41) is 13.9. The average molecular weight is 487 g/mol. The number of urea groups is 1.